The van der Waals surface area contributed by atoms with E-state index in [9.17, 15) is 4.79 Å². The van der Waals surface area contributed by atoms with Crippen LogP contribution in [0.3, 0.4) is 0 Å². The van der Waals surface area contributed by atoms with Crippen molar-refractivity contribution in [1.29, 1.82) is 0 Å². The molecule has 0 fully saturated rings. The highest BCUT2D eigenvalue weighted by Gasteiger charge is 2.08. The van der Waals surface area contributed by atoms with E-state index < -0.39 is 0 Å². The number of anilines is 1. The minimum Gasteiger partial charge on any atom is -0.392 e. The van der Waals surface area contributed by atoms with Gasteiger partial charge in [0.05, 0.1) is 11.5 Å². The first-order valence-electron chi connectivity index (χ1n) is 5.26. The van der Waals surface area contributed by atoms with Gasteiger partial charge in [-0.1, -0.05) is 18.2 Å². The second-order valence-electron chi connectivity index (χ2n) is 3.74. The average Bonchev–Trinajstić information content (AvgIpc) is 2.85. The largest absolute Gasteiger partial charge is 0.392 e. The molecule has 0 saturated heterocycles. The fraction of sp³-hybridized carbons (Fsp3) is 0.154. The molecule has 3 nitrogen and oxygen atoms in total. The highest BCUT2D eigenvalue weighted by Crippen LogP contribution is 2.19. The first kappa shape index (κ1) is 11.8. The van der Waals surface area contributed by atoms with Crippen LogP contribution in [0.1, 0.15) is 20.8 Å². The van der Waals surface area contributed by atoms with Gasteiger partial charge >= 0.3 is 0 Å². The number of benzene rings is 1. The number of carbonyl (C=O) groups excluding carboxylic acids is 1. The van der Waals surface area contributed by atoms with Crippen LogP contribution in [0.4, 0.5) is 5.69 Å². The second-order valence-corrected chi connectivity index (χ2v) is 4.69. The number of amides is 1. The van der Waals surface area contributed by atoms with Gasteiger partial charge < -0.3 is 10.4 Å². The molecular weight excluding hydrogens is 234 g/mol. The molecule has 2 aromatic rings. The first-order chi connectivity index (χ1) is 8.20. The summed E-state index contributed by atoms with van der Waals surface area (Å²) in [6.45, 7) is 1.90. The van der Waals surface area contributed by atoms with Crippen LogP contribution in [0.25, 0.3) is 0 Å². The van der Waals surface area contributed by atoms with Crippen LogP contribution in [0.2, 0.25) is 0 Å². The number of nitrogens with one attached hydrogen (secondary N) is 1. The van der Waals surface area contributed by atoms with Crippen LogP contribution < -0.4 is 5.32 Å². The van der Waals surface area contributed by atoms with Crippen molar-refractivity contribution in [2.45, 2.75) is 13.5 Å². The molecule has 2 rings (SSSR count). The van der Waals surface area contributed by atoms with Gasteiger partial charge in [0.25, 0.3) is 5.91 Å². The second kappa shape index (κ2) is 5.12. The Morgan fingerprint density at radius 2 is 2.24 bits per heavy atom. The summed E-state index contributed by atoms with van der Waals surface area (Å²) in [5.74, 6) is -0.113. The first-order valence-corrected chi connectivity index (χ1v) is 6.14. The van der Waals surface area contributed by atoms with E-state index in [0.717, 1.165) is 16.8 Å². The molecule has 2 N–H and O–H groups in total. The zero-order chi connectivity index (χ0) is 12.3. The number of hydrogen-bond acceptors (Lipinski definition) is 3. The third-order valence-corrected chi connectivity index (χ3v) is 3.35. The Morgan fingerprint density at radius 3 is 2.88 bits per heavy atom. The molecule has 0 saturated carbocycles. The third kappa shape index (κ3) is 2.72. The Kier molecular flexibility index (Phi) is 3.56. The lowest BCUT2D eigenvalue weighted by Crippen LogP contribution is -2.11. The fourth-order valence-corrected chi connectivity index (χ4v) is 2.11. The monoisotopic (exact) mass is 247 g/mol. The van der Waals surface area contributed by atoms with Crippen LogP contribution in [0.5, 0.6) is 0 Å². The smallest absolute Gasteiger partial charge is 0.265 e. The Balaban J connectivity index is 2.21. The molecule has 88 valence electrons. The molecule has 0 atom stereocenters. The summed E-state index contributed by atoms with van der Waals surface area (Å²) in [4.78, 5) is 12.5. The van der Waals surface area contributed by atoms with Gasteiger partial charge in [0.1, 0.15) is 0 Å². The number of carbonyl (C=O) groups is 1. The summed E-state index contributed by atoms with van der Waals surface area (Å²) in [6.07, 6.45) is 0. The molecule has 0 spiro atoms. The van der Waals surface area contributed by atoms with Crippen molar-refractivity contribution in [1.82, 2.24) is 0 Å². The van der Waals surface area contributed by atoms with Crippen LogP contribution in [0.15, 0.2) is 35.7 Å². The van der Waals surface area contributed by atoms with E-state index in [1.54, 1.807) is 12.1 Å². The number of rotatable bonds is 3. The van der Waals surface area contributed by atoms with E-state index >= 15 is 0 Å². The predicted molar refractivity (Wildman–Crippen MR) is 69.4 cm³/mol. The predicted octanol–water partition coefficient (Wildman–Crippen LogP) is 2.80. The summed E-state index contributed by atoms with van der Waals surface area (Å²) in [7, 11) is 0. The Bertz CT molecular complexity index is 520. The summed E-state index contributed by atoms with van der Waals surface area (Å²) >= 11 is 1.40. The fourth-order valence-electron chi connectivity index (χ4n) is 1.49. The minimum absolute atomic E-state index is 0.0256. The average molecular weight is 247 g/mol. The van der Waals surface area contributed by atoms with Gasteiger partial charge in [-0.2, -0.15) is 0 Å². The van der Waals surface area contributed by atoms with Crippen molar-refractivity contribution in [3.8, 4) is 0 Å². The Hall–Kier alpha value is -1.65. The number of aliphatic hydroxyl groups excluding tert-OH is 1. The van der Waals surface area contributed by atoms with Gasteiger partial charge in [0.15, 0.2) is 0 Å². The van der Waals surface area contributed by atoms with Crippen molar-refractivity contribution >= 4 is 22.9 Å². The molecule has 0 aliphatic carbocycles. The van der Waals surface area contributed by atoms with Crippen molar-refractivity contribution < 1.29 is 9.90 Å². The zero-order valence-corrected chi connectivity index (χ0v) is 10.3. The van der Waals surface area contributed by atoms with E-state index in [4.69, 9.17) is 5.11 Å². The van der Waals surface area contributed by atoms with Gasteiger partial charge in [-0.3, -0.25) is 4.79 Å². The molecule has 0 radical (unpaired) electrons. The van der Waals surface area contributed by atoms with Gasteiger partial charge in [-0.05, 0) is 35.6 Å². The van der Waals surface area contributed by atoms with Crippen LogP contribution in [-0.2, 0) is 6.61 Å². The highest BCUT2D eigenvalue weighted by atomic mass is 32.1. The lowest BCUT2D eigenvalue weighted by atomic mass is 10.1. The van der Waals surface area contributed by atoms with Gasteiger partial charge in [0, 0.05) is 5.69 Å². The lowest BCUT2D eigenvalue weighted by Gasteiger charge is -2.08. The van der Waals surface area contributed by atoms with Crippen molar-refractivity contribution in [3.05, 3.63) is 51.7 Å². The van der Waals surface area contributed by atoms with E-state index in [-0.39, 0.29) is 12.5 Å². The van der Waals surface area contributed by atoms with Crippen LogP contribution in [0, 0.1) is 6.92 Å². The highest BCUT2D eigenvalue weighted by molar-refractivity contribution is 7.12. The van der Waals surface area contributed by atoms with Crippen molar-refractivity contribution in [2.24, 2.45) is 0 Å². The zero-order valence-electron chi connectivity index (χ0n) is 9.43. The van der Waals surface area contributed by atoms with E-state index in [2.05, 4.69) is 5.32 Å². The minimum atomic E-state index is -0.113. The van der Waals surface area contributed by atoms with Crippen molar-refractivity contribution in [2.75, 3.05) is 5.32 Å². The third-order valence-electron chi connectivity index (χ3n) is 2.48. The quantitative estimate of drug-likeness (QED) is 0.876. The number of thiophene rings is 1. The van der Waals surface area contributed by atoms with Crippen molar-refractivity contribution in [3.63, 3.8) is 0 Å². The molecule has 0 bridgehead atoms. The van der Waals surface area contributed by atoms with E-state index in [0.29, 0.717) is 4.88 Å². The maximum Gasteiger partial charge on any atom is 0.265 e. The van der Waals surface area contributed by atoms with Crippen LogP contribution in [-0.4, -0.2) is 11.0 Å². The molecule has 1 aromatic heterocycles. The number of hydrogen-bond donors (Lipinski definition) is 2. The Morgan fingerprint density at radius 1 is 1.41 bits per heavy atom. The van der Waals surface area contributed by atoms with Gasteiger partial charge in [0.2, 0.25) is 0 Å². The number of aliphatic hydroxyl groups is 1. The molecule has 4 heteroatoms. The molecule has 0 aliphatic rings. The van der Waals surface area contributed by atoms with Crippen LogP contribution >= 0.6 is 11.3 Å². The summed E-state index contributed by atoms with van der Waals surface area (Å²) < 4.78 is 0. The topological polar surface area (TPSA) is 49.3 Å². The summed E-state index contributed by atoms with van der Waals surface area (Å²) in [6, 6.07) is 9.15. The van der Waals surface area contributed by atoms with Gasteiger partial charge in [-0.25, -0.2) is 0 Å². The molecule has 0 unspecified atom stereocenters. The maximum absolute atomic E-state index is 11.9. The molecular formula is C13H13NO2S. The van der Waals surface area contributed by atoms with E-state index in [1.165, 1.54) is 11.3 Å². The standard InChI is InChI=1S/C13H13NO2S/c1-9-4-5-10(8-15)7-11(9)14-13(16)12-3-2-6-17-12/h2-7,15H,8H2,1H3,(H,14,16). The summed E-state index contributed by atoms with van der Waals surface area (Å²) in [5.41, 5.74) is 2.51. The maximum atomic E-state index is 11.9. The molecule has 1 aromatic carbocycles. The number of aryl methyl sites for hydroxylation is 1. The molecule has 1 heterocycles. The Labute approximate surface area is 104 Å². The lowest BCUT2D eigenvalue weighted by molar-refractivity contribution is 0.103. The van der Waals surface area contributed by atoms with Gasteiger partial charge in [-0.15, -0.1) is 11.3 Å². The molecule has 17 heavy (non-hydrogen) atoms. The summed E-state index contributed by atoms with van der Waals surface area (Å²) in [5, 5.41) is 13.8. The van der Waals surface area contributed by atoms with E-state index in [1.807, 2.05) is 30.5 Å². The molecule has 0 aliphatic heterocycles. The normalized spacial score (nSPS) is 10.2. The SMILES string of the molecule is Cc1ccc(CO)cc1NC(=O)c1cccs1. The molecule has 1 amide bonds.